The monoisotopic (exact) mass is 437 g/mol. The zero-order valence-electron chi connectivity index (χ0n) is 18.5. The summed E-state index contributed by atoms with van der Waals surface area (Å²) < 4.78 is 5.28. The molecule has 2 amide bonds. The predicted octanol–water partition coefficient (Wildman–Crippen LogP) is 3.53. The Hall–Kier alpha value is -3.32. The Morgan fingerprint density at radius 2 is 1.78 bits per heavy atom. The number of nitrogens with one attached hydrogen (secondary N) is 3. The van der Waals surface area contributed by atoms with E-state index in [0.29, 0.717) is 12.8 Å². The molecular formula is C25H31N3O4. The highest BCUT2D eigenvalue weighted by Gasteiger charge is 2.28. The zero-order valence-corrected chi connectivity index (χ0v) is 18.5. The molecule has 0 bridgehead atoms. The lowest BCUT2D eigenvalue weighted by atomic mass is 9.97. The molecule has 3 aromatic rings. The Balaban J connectivity index is 1.61. The summed E-state index contributed by atoms with van der Waals surface area (Å²) in [7, 11) is 0. The summed E-state index contributed by atoms with van der Waals surface area (Å²) in [4.78, 5) is 28.6. The fourth-order valence-corrected chi connectivity index (χ4v) is 3.61. The molecular weight excluding hydrogens is 406 g/mol. The summed E-state index contributed by atoms with van der Waals surface area (Å²) in [5.74, 6) is -0.443. The van der Waals surface area contributed by atoms with E-state index in [9.17, 15) is 14.7 Å². The van der Waals surface area contributed by atoms with Crippen molar-refractivity contribution >= 4 is 22.9 Å². The number of H-pyrrole nitrogens is 1. The highest BCUT2D eigenvalue weighted by Crippen LogP contribution is 2.19. The van der Waals surface area contributed by atoms with Crippen LogP contribution in [0.5, 0.6) is 0 Å². The van der Waals surface area contributed by atoms with Gasteiger partial charge < -0.3 is 25.5 Å². The number of amides is 2. The van der Waals surface area contributed by atoms with Gasteiger partial charge in [0.2, 0.25) is 5.91 Å². The first kappa shape index (κ1) is 23.3. The summed E-state index contributed by atoms with van der Waals surface area (Å²) in [5.41, 5.74) is 2.88. The van der Waals surface area contributed by atoms with E-state index in [1.54, 1.807) is 0 Å². The van der Waals surface area contributed by atoms with Crippen molar-refractivity contribution in [2.24, 2.45) is 5.92 Å². The smallest absolute Gasteiger partial charge is 0.408 e. The molecule has 0 radical (unpaired) electrons. The van der Waals surface area contributed by atoms with Crippen molar-refractivity contribution in [2.75, 3.05) is 6.61 Å². The number of hydrogen-bond acceptors (Lipinski definition) is 4. The summed E-state index contributed by atoms with van der Waals surface area (Å²) in [6, 6.07) is 16.0. The van der Waals surface area contributed by atoms with Crippen molar-refractivity contribution in [3.8, 4) is 0 Å². The number of benzene rings is 2. The topological polar surface area (TPSA) is 103 Å². The minimum absolute atomic E-state index is 0.105. The van der Waals surface area contributed by atoms with Crippen molar-refractivity contribution in [3.63, 3.8) is 0 Å². The number of carbonyl (C=O) groups excluding carboxylic acids is 2. The molecule has 0 aliphatic carbocycles. The Bertz CT molecular complexity index is 1020. The molecule has 7 heteroatoms. The van der Waals surface area contributed by atoms with E-state index in [0.717, 1.165) is 22.0 Å². The zero-order chi connectivity index (χ0) is 22.9. The Kier molecular flexibility index (Phi) is 8.27. The minimum Gasteiger partial charge on any atom is -0.445 e. The van der Waals surface area contributed by atoms with Crippen LogP contribution in [0.15, 0.2) is 60.8 Å². The van der Waals surface area contributed by atoms with Gasteiger partial charge in [-0.05, 0) is 29.5 Å². The first-order valence-electron chi connectivity index (χ1n) is 10.9. The fraction of sp³-hybridized carbons (Fsp3) is 0.360. The molecule has 7 nitrogen and oxygen atoms in total. The molecule has 0 saturated heterocycles. The summed E-state index contributed by atoms with van der Waals surface area (Å²) in [6.07, 6.45) is 2.41. The lowest BCUT2D eigenvalue weighted by molar-refractivity contribution is -0.125. The molecule has 4 N–H and O–H groups in total. The van der Waals surface area contributed by atoms with Gasteiger partial charge in [0.05, 0.1) is 12.6 Å². The van der Waals surface area contributed by atoms with Crippen molar-refractivity contribution in [1.82, 2.24) is 15.6 Å². The van der Waals surface area contributed by atoms with Gasteiger partial charge >= 0.3 is 6.09 Å². The van der Waals surface area contributed by atoms with Gasteiger partial charge in [-0.3, -0.25) is 4.79 Å². The fourth-order valence-electron chi connectivity index (χ4n) is 3.61. The average Bonchev–Trinajstić information content (AvgIpc) is 3.23. The third-order valence-electron chi connectivity index (χ3n) is 5.69. The maximum Gasteiger partial charge on any atom is 0.408 e. The molecule has 0 spiro atoms. The second-order valence-corrected chi connectivity index (χ2v) is 8.02. The maximum absolute atomic E-state index is 13.0. The number of aromatic amines is 1. The molecule has 32 heavy (non-hydrogen) atoms. The molecule has 3 rings (SSSR count). The van der Waals surface area contributed by atoms with E-state index < -0.39 is 18.2 Å². The molecule has 3 atom stereocenters. The van der Waals surface area contributed by atoms with Crippen LogP contribution in [0.2, 0.25) is 0 Å². The van der Waals surface area contributed by atoms with Crippen LogP contribution >= 0.6 is 0 Å². The Labute approximate surface area is 188 Å². The van der Waals surface area contributed by atoms with Gasteiger partial charge in [-0.1, -0.05) is 68.8 Å². The number of para-hydroxylation sites is 1. The molecule has 1 aromatic heterocycles. The number of ether oxygens (including phenoxy) is 1. The lowest BCUT2D eigenvalue weighted by Gasteiger charge is -2.26. The number of fused-ring (bicyclic) bond motifs is 1. The van der Waals surface area contributed by atoms with Crippen LogP contribution < -0.4 is 10.6 Å². The van der Waals surface area contributed by atoms with Gasteiger partial charge in [-0.25, -0.2) is 4.79 Å². The van der Waals surface area contributed by atoms with Crippen LogP contribution in [0, 0.1) is 5.92 Å². The van der Waals surface area contributed by atoms with Crippen LogP contribution in [0.4, 0.5) is 4.79 Å². The molecule has 2 aromatic carbocycles. The van der Waals surface area contributed by atoms with Gasteiger partial charge in [-0.15, -0.1) is 0 Å². The molecule has 1 unspecified atom stereocenters. The molecule has 0 saturated carbocycles. The Morgan fingerprint density at radius 1 is 1.06 bits per heavy atom. The highest BCUT2D eigenvalue weighted by atomic mass is 16.5. The molecule has 170 valence electrons. The van der Waals surface area contributed by atoms with Gasteiger partial charge in [0.15, 0.2) is 0 Å². The second kappa shape index (κ2) is 11.3. The number of carbonyl (C=O) groups is 2. The van der Waals surface area contributed by atoms with Crippen LogP contribution in [0.3, 0.4) is 0 Å². The standard InChI is InChI=1S/C25H31N3O4/c1-3-17(2)23(28-25(31)32-16-18-9-5-4-6-10-18)24(30)27-20(15-29)13-19-14-26-22-12-8-7-11-21(19)22/h4-12,14,17,20,23,26,29H,3,13,15-16H2,1-2H3,(H,27,30)(H,28,31)/t17?,20-,23+/m1/s1. The van der Waals surface area contributed by atoms with Crippen LogP contribution in [0.25, 0.3) is 10.9 Å². The van der Waals surface area contributed by atoms with E-state index in [1.165, 1.54) is 0 Å². The van der Waals surface area contributed by atoms with Gasteiger partial charge in [-0.2, -0.15) is 0 Å². The first-order valence-corrected chi connectivity index (χ1v) is 10.9. The van der Waals surface area contributed by atoms with Crippen molar-refractivity contribution in [3.05, 3.63) is 71.9 Å². The molecule has 0 aliphatic rings. The first-order chi connectivity index (χ1) is 15.5. The maximum atomic E-state index is 13.0. The number of alkyl carbamates (subject to hydrolysis) is 1. The van der Waals surface area contributed by atoms with Crippen LogP contribution in [-0.2, 0) is 22.6 Å². The average molecular weight is 438 g/mol. The van der Waals surface area contributed by atoms with Gasteiger partial charge in [0.25, 0.3) is 0 Å². The van der Waals surface area contributed by atoms with Crippen molar-refractivity contribution in [2.45, 2.75) is 45.4 Å². The SMILES string of the molecule is CCC(C)[C@H](NC(=O)OCc1ccccc1)C(=O)N[C@@H](CO)Cc1c[nH]c2ccccc12. The van der Waals surface area contributed by atoms with E-state index in [-0.39, 0.29) is 25.0 Å². The molecule has 1 heterocycles. The number of aromatic nitrogens is 1. The quantitative estimate of drug-likeness (QED) is 0.390. The normalized spacial score (nSPS) is 13.8. The minimum atomic E-state index is -0.764. The van der Waals surface area contributed by atoms with Crippen LogP contribution in [0.1, 0.15) is 31.4 Å². The number of rotatable bonds is 10. The van der Waals surface area contributed by atoms with E-state index in [1.807, 2.05) is 74.6 Å². The summed E-state index contributed by atoms with van der Waals surface area (Å²) in [6.45, 7) is 3.77. The largest absolute Gasteiger partial charge is 0.445 e. The third-order valence-corrected chi connectivity index (χ3v) is 5.69. The molecule has 0 aliphatic heterocycles. The Morgan fingerprint density at radius 3 is 2.50 bits per heavy atom. The highest BCUT2D eigenvalue weighted by molar-refractivity contribution is 5.86. The van der Waals surface area contributed by atoms with Gasteiger partial charge in [0.1, 0.15) is 12.6 Å². The predicted molar refractivity (Wildman–Crippen MR) is 124 cm³/mol. The van der Waals surface area contributed by atoms with Crippen molar-refractivity contribution in [1.29, 1.82) is 0 Å². The van der Waals surface area contributed by atoms with Crippen molar-refractivity contribution < 1.29 is 19.4 Å². The number of aliphatic hydroxyl groups excluding tert-OH is 1. The van der Waals surface area contributed by atoms with Crippen LogP contribution in [-0.4, -0.2) is 40.8 Å². The number of aliphatic hydroxyl groups is 1. The third kappa shape index (κ3) is 6.11. The lowest BCUT2D eigenvalue weighted by Crippen LogP contribution is -2.53. The number of hydrogen-bond donors (Lipinski definition) is 4. The van der Waals surface area contributed by atoms with Gasteiger partial charge in [0, 0.05) is 17.1 Å². The van der Waals surface area contributed by atoms with E-state index >= 15 is 0 Å². The second-order valence-electron chi connectivity index (χ2n) is 8.02. The van der Waals surface area contributed by atoms with E-state index in [2.05, 4.69) is 15.6 Å². The summed E-state index contributed by atoms with van der Waals surface area (Å²) >= 11 is 0. The summed E-state index contributed by atoms with van der Waals surface area (Å²) in [5, 5.41) is 16.5. The molecule has 0 fully saturated rings. The van der Waals surface area contributed by atoms with E-state index in [4.69, 9.17) is 4.74 Å².